The van der Waals surface area contributed by atoms with E-state index in [1.165, 1.54) is 16.1 Å². The molecule has 0 radical (unpaired) electrons. The van der Waals surface area contributed by atoms with Crippen molar-refractivity contribution in [3.63, 3.8) is 0 Å². The highest BCUT2D eigenvalue weighted by Gasteiger charge is 2.38. The standard InChI is InChI=1S/C25H34N2O5S2/c1-6-7-11-19-16-27(18-12-9-8-10-13-18)20-14-22(33-5)21(32-17-25(2,3)24(28)29)15-23(20)34(30,31)26(19)4/h8-10,12-15,19H,6-7,11,16-17H2,1-5H3,(H,28,29). The van der Waals surface area contributed by atoms with Gasteiger partial charge in [-0.2, -0.15) is 4.31 Å². The number of carboxylic acids is 1. The van der Waals surface area contributed by atoms with Crippen molar-refractivity contribution < 1.29 is 23.1 Å². The Balaban J connectivity index is 2.17. The first-order chi connectivity index (χ1) is 16.0. The third-order valence-electron chi connectivity index (χ3n) is 6.23. The van der Waals surface area contributed by atoms with Crippen LogP contribution in [-0.2, 0) is 14.8 Å². The van der Waals surface area contributed by atoms with E-state index in [1.807, 2.05) is 42.7 Å². The fourth-order valence-electron chi connectivity index (χ4n) is 3.88. The van der Waals surface area contributed by atoms with E-state index in [1.54, 1.807) is 27.0 Å². The molecule has 0 bridgehead atoms. The van der Waals surface area contributed by atoms with Gasteiger partial charge in [-0.15, -0.1) is 11.8 Å². The van der Waals surface area contributed by atoms with Crippen LogP contribution in [0.15, 0.2) is 52.3 Å². The molecular formula is C25H34N2O5S2. The minimum atomic E-state index is -3.81. The average molecular weight is 507 g/mol. The van der Waals surface area contributed by atoms with Gasteiger partial charge in [0.25, 0.3) is 0 Å². The van der Waals surface area contributed by atoms with Gasteiger partial charge in [-0.05, 0) is 44.7 Å². The van der Waals surface area contributed by atoms with Crippen molar-refractivity contribution in [2.45, 2.75) is 55.9 Å². The van der Waals surface area contributed by atoms with Gasteiger partial charge in [0.2, 0.25) is 10.0 Å². The summed E-state index contributed by atoms with van der Waals surface area (Å²) >= 11 is 1.44. The molecule has 186 valence electrons. The molecule has 1 N–H and O–H groups in total. The lowest BCUT2D eigenvalue weighted by atomic mass is 9.95. The van der Waals surface area contributed by atoms with Crippen molar-refractivity contribution in [1.82, 2.24) is 4.31 Å². The summed E-state index contributed by atoms with van der Waals surface area (Å²) in [6, 6.07) is 13.0. The molecular weight excluding hydrogens is 472 g/mol. The maximum absolute atomic E-state index is 13.8. The largest absolute Gasteiger partial charge is 0.491 e. The van der Waals surface area contributed by atoms with Crippen molar-refractivity contribution in [3.8, 4) is 5.75 Å². The Hall–Kier alpha value is -2.23. The van der Waals surface area contributed by atoms with E-state index < -0.39 is 21.4 Å². The lowest BCUT2D eigenvalue weighted by Crippen LogP contribution is -2.40. The summed E-state index contributed by atoms with van der Waals surface area (Å²) in [5.41, 5.74) is 0.411. The molecule has 1 aliphatic heterocycles. The molecule has 9 heteroatoms. The summed E-state index contributed by atoms with van der Waals surface area (Å²) < 4.78 is 35.0. The summed E-state index contributed by atoms with van der Waals surface area (Å²) in [7, 11) is -2.17. The molecule has 1 aliphatic rings. The monoisotopic (exact) mass is 506 g/mol. The van der Waals surface area contributed by atoms with Gasteiger partial charge in [0.05, 0.1) is 16.0 Å². The van der Waals surface area contributed by atoms with E-state index in [2.05, 4.69) is 11.8 Å². The number of hydrogen-bond acceptors (Lipinski definition) is 6. The molecule has 0 aliphatic carbocycles. The molecule has 3 rings (SSSR count). The summed E-state index contributed by atoms with van der Waals surface area (Å²) in [4.78, 5) is 14.5. The second-order valence-corrected chi connectivity index (χ2v) is 12.0. The van der Waals surface area contributed by atoms with Crippen LogP contribution in [0.1, 0.15) is 40.0 Å². The van der Waals surface area contributed by atoms with Crippen molar-refractivity contribution in [2.75, 3.05) is 31.4 Å². The Morgan fingerprint density at radius 1 is 1.24 bits per heavy atom. The van der Waals surface area contributed by atoms with Gasteiger partial charge in [-0.1, -0.05) is 38.0 Å². The number of carboxylic acid groups (broad SMARTS) is 1. The molecule has 0 saturated carbocycles. The summed E-state index contributed by atoms with van der Waals surface area (Å²) in [5, 5.41) is 9.46. The van der Waals surface area contributed by atoms with Crippen LogP contribution in [0.25, 0.3) is 0 Å². The van der Waals surface area contributed by atoms with Crippen molar-refractivity contribution in [3.05, 3.63) is 42.5 Å². The number of benzene rings is 2. The number of unbranched alkanes of at least 4 members (excludes halogenated alkanes) is 1. The van der Waals surface area contributed by atoms with Gasteiger partial charge in [0.15, 0.2) is 0 Å². The molecule has 2 aromatic rings. The summed E-state index contributed by atoms with van der Waals surface area (Å²) in [5.74, 6) is -0.605. The number of likely N-dealkylation sites (N-methyl/N-ethyl adjacent to an activating group) is 1. The number of fused-ring (bicyclic) bond motifs is 1. The zero-order chi connectivity index (χ0) is 25.1. The van der Waals surface area contributed by atoms with Crippen LogP contribution < -0.4 is 9.64 Å². The first-order valence-corrected chi connectivity index (χ1v) is 14.1. The molecule has 2 aromatic carbocycles. The number of anilines is 2. The maximum atomic E-state index is 13.8. The van der Waals surface area contributed by atoms with E-state index >= 15 is 0 Å². The lowest BCUT2D eigenvalue weighted by molar-refractivity contribution is -0.148. The quantitative estimate of drug-likeness (QED) is 0.466. The Kier molecular flexibility index (Phi) is 8.21. The van der Waals surface area contributed by atoms with Gasteiger partial charge in [-0.3, -0.25) is 4.79 Å². The molecule has 1 unspecified atom stereocenters. The second kappa shape index (κ2) is 10.6. The van der Waals surface area contributed by atoms with Crippen LogP contribution in [0.5, 0.6) is 5.75 Å². The lowest BCUT2D eigenvalue weighted by Gasteiger charge is -2.29. The number of sulfonamides is 1. The number of aliphatic carboxylic acids is 1. The SMILES string of the molecule is CCCCC1CN(c2ccccc2)c2cc(SC)c(OCC(C)(C)C(=O)O)cc2S(=O)(=O)N1C. The number of carbonyl (C=O) groups is 1. The Morgan fingerprint density at radius 2 is 1.91 bits per heavy atom. The molecule has 1 heterocycles. The molecule has 0 fully saturated rings. The van der Waals surface area contributed by atoms with Gasteiger partial charge in [0, 0.05) is 31.4 Å². The van der Waals surface area contributed by atoms with Crippen LogP contribution in [0.2, 0.25) is 0 Å². The zero-order valence-corrected chi connectivity index (χ0v) is 22.1. The molecule has 7 nitrogen and oxygen atoms in total. The molecule has 0 aromatic heterocycles. The van der Waals surface area contributed by atoms with Crippen molar-refractivity contribution >= 4 is 39.1 Å². The maximum Gasteiger partial charge on any atom is 0.312 e. The highest BCUT2D eigenvalue weighted by molar-refractivity contribution is 7.98. The minimum Gasteiger partial charge on any atom is -0.491 e. The highest BCUT2D eigenvalue weighted by atomic mass is 32.2. The molecule has 0 amide bonds. The smallest absolute Gasteiger partial charge is 0.312 e. The fraction of sp³-hybridized carbons (Fsp3) is 0.480. The van der Waals surface area contributed by atoms with Gasteiger partial charge in [-0.25, -0.2) is 8.42 Å². The van der Waals surface area contributed by atoms with Crippen LogP contribution in [0.3, 0.4) is 0 Å². The summed E-state index contributed by atoms with van der Waals surface area (Å²) in [6.45, 7) is 5.72. The predicted octanol–water partition coefficient (Wildman–Crippen LogP) is 5.23. The second-order valence-electron chi connectivity index (χ2n) is 9.21. The number of thioether (sulfide) groups is 1. The fourth-order valence-corrected chi connectivity index (χ4v) is 5.99. The Bertz CT molecular complexity index is 1120. The van der Waals surface area contributed by atoms with Crippen molar-refractivity contribution in [2.24, 2.45) is 5.41 Å². The third-order valence-corrected chi connectivity index (χ3v) is 8.92. The number of ether oxygens (including phenoxy) is 1. The number of rotatable bonds is 9. The first-order valence-electron chi connectivity index (χ1n) is 11.4. The van der Waals surface area contributed by atoms with Gasteiger partial charge < -0.3 is 14.7 Å². The first kappa shape index (κ1) is 26.4. The third kappa shape index (κ3) is 5.37. The van der Waals surface area contributed by atoms with E-state index in [0.717, 1.165) is 29.8 Å². The van der Waals surface area contributed by atoms with Crippen LogP contribution >= 0.6 is 11.8 Å². The highest BCUT2D eigenvalue weighted by Crippen LogP contribution is 2.43. The molecule has 0 saturated heterocycles. The van der Waals surface area contributed by atoms with E-state index in [4.69, 9.17) is 4.74 Å². The normalized spacial score (nSPS) is 18.3. The van der Waals surface area contributed by atoms with Gasteiger partial charge in [0.1, 0.15) is 17.3 Å². The van der Waals surface area contributed by atoms with Crippen LogP contribution in [0.4, 0.5) is 11.4 Å². The topological polar surface area (TPSA) is 87.1 Å². The zero-order valence-electron chi connectivity index (χ0n) is 20.4. The summed E-state index contributed by atoms with van der Waals surface area (Å²) in [6.07, 6.45) is 4.56. The predicted molar refractivity (Wildman–Crippen MR) is 137 cm³/mol. The van der Waals surface area contributed by atoms with E-state index in [0.29, 0.717) is 18.0 Å². The Labute approximate surface area is 207 Å². The number of para-hydroxylation sites is 1. The number of hydrogen-bond donors (Lipinski definition) is 1. The van der Waals surface area contributed by atoms with E-state index in [9.17, 15) is 18.3 Å². The molecule has 34 heavy (non-hydrogen) atoms. The number of nitrogens with zero attached hydrogens (tertiary/aromatic N) is 2. The molecule has 0 spiro atoms. The van der Waals surface area contributed by atoms with Crippen LogP contribution in [-0.4, -0.2) is 56.3 Å². The van der Waals surface area contributed by atoms with Crippen molar-refractivity contribution in [1.29, 1.82) is 0 Å². The Morgan fingerprint density at radius 3 is 2.50 bits per heavy atom. The molecule has 1 atom stereocenters. The average Bonchev–Trinajstić information content (AvgIpc) is 2.89. The van der Waals surface area contributed by atoms with Crippen LogP contribution in [0, 0.1) is 5.41 Å². The van der Waals surface area contributed by atoms with Gasteiger partial charge >= 0.3 is 5.97 Å². The van der Waals surface area contributed by atoms with E-state index in [-0.39, 0.29) is 17.5 Å². The minimum absolute atomic E-state index is 0.0773.